The maximum absolute atomic E-state index is 6.05. The van der Waals surface area contributed by atoms with Crippen molar-refractivity contribution in [2.24, 2.45) is 5.41 Å². The monoisotopic (exact) mass is 306 g/mol. The average molecular weight is 307 g/mol. The van der Waals surface area contributed by atoms with E-state index in [0.717, 1.165) is 25.9 Å². The quantitative estimate of drug-likeness (QED) is 0.854. The largest absolute Gasteiger partial charge is 0.341 e. The summed E-state index contributed by atoms with van der Waals surface area (Å²) < 4.78 is 1.60. The van der Waals surface area contributed by atoms with Crippen LogP contribution in [0.4, 0.5) is 5.95 Å². The van der Waals surface area contributed by atoms with Crippen LogP contribution in [0.15, 0.2) is 18.5 Å². The number of halogens is 1. The summed E-state index contributed by atoms with van der Waals surface area (Å²) in [5.41, 5.74) is 0.371. The highest BCUT2D eigenvalue weighted by molar-refractivity contribution is 6.28. The second-order valence-corrected chi connectivity index (χ2v) is 6.50. The zero-order valence-corrected chi connectivity index (χ0v) is 13.1. The molecule has 1 aliphatic heterocycles. The van der Waals surface area contributed by atoms with E-state index in [9.17, 15) is 0 Å². The first-order chi connectivity index (χ1) is 10.0. The van der Waals surface area contributed by atoms with E-state index in [0.29, 0.717) is 17.3 Å². The molecule has 0 atom stereocenters. The van der Waals surface area contributed by atoms with Gasteiger partial charge in [-0.2, -0.15) is 20.1 Å². The van der Waals surface area contributed by atoms with E-state index in [1.807, 2.05) is 6.07 Å². The van der Waals surface area contributed by atoms with Crippen LogP contribution in [0.25, 0.3) is 5.95 Å². The standard InChI is InChI=1S/C14H19ClN6/c1-14(2)5-3-8-20(10-6-14)12-17-11(15)18-13(19-12)21-9-4-7-16-21/h4,7,9H,3,5-6,8,10H2,1-2H3. The summed E-state index contributed by atoms with van der Waals surface area (Å²) >= 11 is 6.05. The lowest BCUT2D eigenvalue weighted by Crippen LogP contribution is -2.27. The lowest BCUT2D eigenvalue weighted by atomic mass is 9.85. The molecule has 0 radical (unpaired) electrons. The smallest absolute Gasteiger partial charge is 0.256 e. The van der Waals surface area contributed by atoms with Gasteiger partial charge in [0, 0.05) is 25.5 Å². The second-order valence-electron chi connectivity index (χ2n) is 6.16. The summed E-state index contributed by atoms with van der Waals surface area (Å²) in [6.45, 7) is 6.51. The van der Waals surface area contributed by atoms with Crippen LogP contribution in [0, 0.1) is 5.41 Å². The Morgan fingerprint density at radius 2 is 1.90 bits per heavy atom. The van der Waals surface area contributed by atoms with E-state index < -0.39 is 0 Å². The molecule has 0 bridgehead atoms. The van der Waals surface area contributed by atoms with Gasteiger partial charge in [-0.25, -0.2) is 4.68 Å². The predicted octanol–water partition coefficient (Wildman–Crippen LogP) is 2.73. The molecule has 1 fully saturated rings. The Labute approximate surface area is 129 Å². The third-order valence-corrected chi connectivity index (χ3v) is 4.09. The molecule has 1 aliphatic rings. The third-order valence-electron chi connectivity index (χ3n) is 3.92. The summed E-state index contributed by atoms with van der Waals surface area (Å²) in [4.78, 5) is 15.1. The van der Waals surface area contributed by atoms with Crippen LogP contribution in [0.5, 0.6) is 0 Å². The molecule has 0 amide bonds. The first-order valence-corrected chi connectivity index (χ1v) is 7.58. The summed E-state index contributed by atoms with van der Waals surface area (Å²) in [7, 11) is 0. The van der Waals surface area contributed by atoms with Crippen molar-refractivity contribution < 1.29 is 0 Å². The maximum Gasteiger partial charge on any atom is 0.256 e. The van der Waals surface area contributed by atoms with Crippen molar-refractivity contribution in [3.8, 4) is 5.95 Å². The van der Waals surface area contributed by atoms with Crippen molar-refractivity contribution in [3.63, 3.8) is 0 Å². The highest BCUT2D eigenvalue weighted by Gasteiger charge is 2.24. The van der Waals surface area contributed by atoms with E-state index in [1.54, 1.807) is 17.1 Å². The molecule has 1 saturated heterocycles. The second kappa shape index (κ2) is 5.60. The van der Waals surface area contributed by atoms with E-state index in [4.69, 9.17) is 11.6 Å². The molecule has 3 heterocycles. The Balaban J connectivity index is 1.88. The number of nitrogens with zero attached hydrogens (tertiary/aromatic N) is 6. The Morgan fingerprint density at radius 1 is 1.10 bits per heavy atom. The molecule has 0 saturated carbocycles. The summed E-state index contributed by atoms with van der Waals surface area (Å²) in [5.74, 6) is 1.09. The molecule has 2 aromatic rings. The van der Waals surface area contributed by atoms with Gasteiger partial charge in [0.1, 0.15) is 0 Å². The van der Waals surface area contributed by atoms with Crippen LogP contribution in [0.2, 0.25) is 5.28 Å². The topological polar surface area (TPSA) is 59.7 Å². The fourth-order valence-electron chi connectivity index (χ4n) is 2.58. The van der Waals surface area contributed by atoms with Crippen molar-refractivity contribution in [2.75, 3.05) is 18.0 Å². The molecular weight excluding hydrogens is 288 g/mol. The van der Waals surface area contributed by atoms with Gasteiger partial charge >= 0.3 is 0 Å². The number of rotatable bonds is 2. The molecule has 6 nitrogen and oxygen atoms in total. The van der Waals surface area contributed by atoms with Crippen molar-refractivity contribution >= 4 is 17.5 Å². The number of aromatic nitrogens is 5. The van der Waals surface area contributed by atoms with E-state index in [-0.39, 0.29) is 5.28 Å². The number of hydrogen-bond donors (Lipinski definition) is 0. The fraction of sp³-hybridized carbons (Fsp3) is 0.571. The number of anilines is 1. The lowest BCUT2D eigenvalue weighted by molar-refractivity contribution is 0.325. The highest BCUT2D eigenvalue weighted by atomic mass is 35.5. The molecule has 2 aromatic heterocycles. The van der Waals surface area contributed by atoms with Gasteiger partial charge in [0.05, 0.1) is 0 Å². The molecule has 0 N–H and O–H groups in total. The zero-order valence-electron chi connectivity index (χ0n) is 12.3. The van der Waals surface area contributed by atoms with Crippen molar-refractivity contribution in [3.05, 3.63) is 23.7 Å². The molecular formula is C14H19ClN6. The SMILES string of the molecule is CC1(C)CCCN(c2nc(Cl)nc(-n3cccn3)n2)CC1. The van der Waals surface area contributed by atoms with Crippen LogP contribution in [-0.4, -0.2) is 37.8 Å². The van der Waals surface area contributed by atoms with Crippen molar-refractivity contribution in [2.45, 2.75) is 33.1 Å². The van der Waals surface area contributed by atoms with Gasteiger partial charge < -0.3 is 4.90 Å². The predicted molar refractivity (Wildman–Crippen MR) is 81.8 cm³/mol. The minimum atomic E-state index is 0.203. The molecule has 0 aromatic carbocycles. The van der Waals surface area contributed by atoms with E-state index in [1.165, 1.54) is 6.42 Å². The van der Waals surface area contributed by atoms with Crippen molar-refractivity contribution in [1.82, 2.24) is 24.7 Å². The minimum absolute atomic E-state index is 0.203. The van der Waals surface area contributed by atoms with Gasteiger partial charge in [-0.15, -0.1) is 0 Å². The molecule has 112 valence electrons. The Bertz CT molecular complexity index is 610. The molecule has 0 unspecified atom stereocenters. The van der Waals surface area contributed by atoms with Gasteiger partial charge in [0.2, 0.25) is 11.2 Å². The Morgan fingerprint density at radius 3 is 2.67 bits per heavy atom. The number of hydrogen-bond acceptors (Lipinski definition) is 5. The van der Waals surface area contributed by atoms with Crippen LogP contribution < -0.4 is 4.90 Å². The summed E-state index contributed by atoms with van der Waals surface area (Å²) in [6, 6.07) is 1.83. The van der Waals surface area contributed by atoms with Crippen LogP contribution in [0.3, 0.4) is 0 Å². The van der Waals surface area contributed by atoms with Gasteiger partial charge in [-0.05, 0) is 42.3 Å². The van der Waals surface area contributed by atoms with Gasteiger partial charge in [0.25, 0.3) is 5.95 Å². The first kappa shape index (κ1) is 14.3. The van der Waals surface area contributed by atoms with Gasteiger partial charge in [-0.1, -0.05) is 13.8 Å². The lowest BCUT2D eigenvalue weighted by Gasteiger charge is -2.23. The fourth-order valence-corrected chi connectivity index (χ4v) is 2.73. The Kier molecular flexibility index (Phi) is 3.80. The summed E-state index contributed by atoms with van der Waals surface area (Å²) in [5, 5.41) is 4.34. The molecule has 21 heavy (non-hydrogen) atoms. The average Bonchev–Trinajstić information content (AvgIpc) is 2.89. The first-order valence-electron chi connectivity index (χ1n) is 7.20. The van der Waals surface area contributed by atoms with Crippen LogP contribution in [-0.2, 0) is 0 Å². The third kappa shape index (κ3) is 3.32. The van der Waals surface area contributed by atoms with Gasteiger partial charge in [0.15, 0.2) is 0 Å². The molecule has 0 aliphatic carbocycles. The van der Waals surface area contributed by atoms with Gasteiger partial charge in [-0.3, -0.25) is 0 Å². The maximum atomic E-state index is 6.05. The van der Waals surface area contributed by atoms with Crippen LogP contribution >= 0.6 is 11.6 Å². The molecule has 0 spiro atoms. The normalized spacial score (nSPS) is 18.5. The van der Waals surface area contributed by atoms with E-state index >= 15 is 0 Å². The summed E-state index contributed by atoms with van der Waals surface area (Å²) in [6.07, 6.45) is 6.95. The van der Waals surface area contributed by atoms with Crippen molar-refractivity contribution in [1.29, 1.82) is 0 Å². The molecule has 3 rings (SSSR count). The zero-order chi connectivity index (χ0) is 14.9. The minimum Gasteiger partial charge on any atom is -0.341 e. The Hall–Kier alpha value is -1.69. The van der Waals surface area contributed by atoms with E-state index in [2.05, 4.69) is 38.8 Å². The molecule has 7 heteroatoms. The van der Waals surface area contributed by atoms with Crippen LogP contribution in [0.1, 0.15) is 33.1 Å². The highest BCUT2D eigenvalue weighted by Crippen LogP contribution is 2.31.